The van der Waals surface area contributed by atoms with Crippen molar-refractivity contribution in [2.75, 3.05) is 26.7 Å². The zero-order chi connectivity index (χ0) is 16.0. The molecular formula is C12H23F3N4O. The van der Waals surface area contributed by atoms with Gasteiger partial charge < -0.3 is 15.5 Å². The summed E-state index contributed by atoms with van der Waals surface area (Å²) in [6, 6.07) is 0. The maximum Gasteiger partial charge on any atom is 0.406 e. The van der Waals surface area contributed by atoms with Gasteiger partial charge in [0, 0.05) is 19.1 Å². The van der Waals surface area contributed by atoms with E-state index in [1.165, 1.54) is 0 Å². The van der Waals surface area contributed by atoms with Crippen LogP contribution in [0.5, 0.6) is 0 Å². The van der Waals surface area contributed by atoms with Crippen LogP contribution in [0.25, 0.3) is 0 Å². The number of alkyl halides is 3. The molecule has 20 heavy (non-hydrogen) atoms. The molecule has 0 spiro atoms. The number of halogens is 3. The van der Waals surface area contributed by atoms with Gasteiger partial charge in [0.15, 0.2) is 5.96 Å². The molecule has 118 valence electrons. The first-order valence-electron chi connectivity index (χ1n) is 6.32. The Hall–Kier alpha value is -1.47. The predicted molar refractivity (Wildman–Crippen MR) is 72.6 cm³/mol. The van der Waals surface area contributed by atoms with Gasteiger partial charge in [0.1, 0.15) is 13.1 Å². The summed E-state index contributed by atoms with van der Waals surface area (Å²) in [7, 11) is 1.11. The van der Waals surface area contributed by atoms with Crippen molar-refractivity contribution in [3.63, 3.8) is 0 Å². The van der Waals surface area contributed by atoms with E-state index in [9.17, 15) is 18.0 Å². The van der Waals surface area contributed by atoms with Gasteiger partial charge in [-0.05, 0) is 27.7 Å². The number of nitrogens with one attached hydrogen (secondary N) is 2. The van der Waals surface area contributed by atoms with E-state index in [-0.39, 0.29) is 12.1 Å². The lowest BCUT2D eigenvalue weighted by Crippen LogP contribution is -2.48. The van der Waals surface area contributed by atoms with Gasteiger partial charge in [0.05, 0.1) is 0 Å². The monoisotopic (exact) mass is 296 g/mol. The second-order valence-corrected chi connectivity index (χ2v) is 5.44. The summed E-state index contributed by atoms with van der Waals surface area (Å²) in [6.45, 7) is 6.58. The number of likely N-dealkylation sites (N-methyl/N-ethyl adjacent to an activating group) is 1. The van der Waals surface area contributed by atoms with Gasteiger partial charge in [-0.3, -0.25) is 4.79 Å². The van der Waals surface area contributed by atoms with Gasteiger partial charge in [0.25, 0.3) is 0 Å². The van der Waals surface area contributed by atoms with Crippen LogP contribution in [0.2, 0.25) is 0 Å². The van der Waals surface area contributed by atoms with Gasteiger partial charge in [-0.25, -0.2) is 4.99 Å². The Bertz CT molecular complexity index is 348. The van der Waals surface area contributed by atoms with Gasteiger partial charge in [-0.2, -0.15) is 13.2 Å². The van der Waals surface area contributed by atoms with Crippen molar-refractivity contribution in [1.29, 1.82) is 0 Å². The Morgan fingerprint density at radius 3 is 2.20 bits per heavy atom. The van der Waals surface area contributed by atoms with E-state index in [4.69, 9.17) is 0 Å². The average molecular weight is 296 g/mol. The van der Waals surface area contributed by atoms with Crippen LogP contribution in [-0.2, 0) is 4.79 Å². The molecule has 0 aliphatic carbocycles. The second kappa shape index (κ2) is 7.35. The quantitative estimate of drug-likeness (QED) is 0.608. The van der Waals surface area contributed by atoms with E-state index >= 15 is 0 Å². The minimum atomic E-state index is -4.40. The summed E-state index contributed by atoms with van der Waals surface area (Å²) >= 11 is 0. The molecule has 1 amide bonds. The van der Waals surface area contributed by atoms with Crippen molar-refractivity contribution in [2.24, 2.45) is 4.99 Å². The van der Waals surface area contributed by atoms with E-state index in [0.29, 0.717) is 17.4 Å². The minimum Gasteiger partial charge on any atom is -0.357 e. The first-order valence-corrected chi connectivity index (χ1v) is 6.32. The van der Waals surface area contributed by atoms with Crippen molar-refractivity contribution in [1.82, 2.24) is 15.5 Å². The standard InChI is InChI=1S/C12H23F3N4O/c1-6-16-10(18-11(2,3)4)17-7-9(20)19(5)8-12(13,14)15/h6-8H2,1-5H3,(H2,16,17,18). The molecule has 0 saturated heterocycles. The van der Waals surface area contributed by atoms with E-state index in [1.54, 1.807) is 0 Å². The Labute approximate surface area is 117 Å². The van der Waals surface area contributed by atoms with Gasteiger partial charge in [-0.1, -0.05) is 0 Å². The largest absolute Gasteiger partial charge is 0.406 e. The molecule has 0 saturated carbocycles. The molecule has 0 aliphatic heterocycles. The fourth-order valence-electron chi connectivity index (χ4n) is 1.29. The number of guanidine groups is 1. The highest BCUT2D eigenvalue weighted by molar-refractivity contribution is 5.85. The van der Waals surface area contributed by atoms with Crippen molar-refractivity contribution < 1.29 is 18.0 Å². The average Bonchev–Trinajstić information content (AvgIpc) is 2.21. The van der Waals surface area contributed by atoms with Gasteiger partial charge >= 0.3 is 6.18 Å². The SMILES string of the molecule is CCNC(=NCC(=O)N(C)CC(F)(F)F)NC(C)(C)C. The third-order valence-corrected chi connectivity index (χ3v) is 2.05. The Morgan fingerprint density at radius 1 is 1.25 bits per heavy atom. The lowest BCUT2D eigenvalue weighted by molar-refractivity contribution is -0.157. The Balaban J connectivity index is 4.57. The smallest absolute Gasteiger partial charge is 0.357 e. The van der Waals surface area contributed by atoms with Crippen LogP contribution < -0.4 is 10.6 Å². The third-order valence-electron chi connectivity index (χ3n) is 2.05. The van der Waals surface area contributed by atoms with Crippen LogP contribution in [0.1, 0.15) is 27.7 Å². The Kier molecular flexibility index (Phi) is 6.81. The minimum absolute atomic E-state index is 0.262. The van der Waals surface area contributed by atoms with E-state index in [2.05, 4.69) is 15.6 Å². The number of carbonyl (C=O) groups is 1. The van der Waals surface area contributed by atoms with Crippen molar-refractivity contribution in [3.8, 4) is 0 Å². The number of amides is 1. The number of nitrogens with zero attached hydrogens (tertiary/aromatic N) is 2. The lowest BCUT2D eigenvalue weighted by atomic mass is 10.1. The maximum absolute atomic E-state index is 12.2. The molecule has 5 nitrogen and oxygen atoms in total. The molecule has 0 aromatic heterocycles. The van der Waals surface area contributed by atoms with Crippen LogP contribution in [0.15, 0.2) is 4.99 Å². The molecule has 0 radical (unpaired) electrons. The molecule has 0 aromatic rings. The van der Waals surface area contributed by atoms with Crippen molar-refractivity contribution in [3.05, 3.63) is 0 Å². The molecular weight excluding hydrogens is 273 g/mol. The van der Waals surface area contributed by atoms with Crippen molar-refractivity contribution in [2.45, 2.75) is 39.4 Å². The molecule has 0 rings (SSSR count). The number of hydrogen-bond donors (Lipinski definition) is 2. The highest BCUT2D eigenvalue weighted by Crippen LogP contribution is 2.15. The summed E-state index contributed by atoms with van der Waals surface area (Å²) < 4.78 is 36.5. The zero-order valence-electron chi connectivity index (χ0n) is 12.6. The van der Waals surface area contributed by atoms with Crippen LogP contribution in [0.4, 0.5) is 13.2 Å². The highest BCUT2D eigenvalue weighted by Gasteiger charge is 2.31. The van der Waals surface area contributed by atoms with Crippen LogP contribution in [0.3, 0.4) is 0 Å². The summed E-state index contributed by atoms with van der Waals surface area (Å²) in [5, 5.41) is 5.97. The van der Waals surface area contributed by atoms with Crippen LogP contribution >= 0.6 is 0 Å². The molecule has 0 aliphatic rings. The number of aliphatic imine (C=N–C) groups is 1. The fraction of sp³-hybridized carbons (Fsp3) is 0.833. The summed E-state index contributed by atoms with van der Waals surface area (Å²) in [4.78, 5) is 16.2. The van der Waals surface area contributed by atoms with E-state index in [1.807, 2.05) is 27.7 Å². The first kappa shape index (κ1) is 18.5. The zero-order valence-corrected chi connectivity index (χ0v) is 12.6. The fourth-order valence-corrected chi connectivity index (χ4v) is 1.29. The first-order chi connectivity index (χ1) is 8.94. The maximum atomic E-state index is 12.2. The molecule has 0 bridgehead atoms. The molecule has 0 aromatic carbocycles. The summed E-state index contributed by atoms with van der Waals surface area (Å²) in [5.41, 5.74) is -0.262. The predicted octanol–water partition coefficient (Wildman–Crippen LogP) is 1.36. The summed E-state index contributed by atoms with van der Waals surface area (Å²) in [6.07, 6.45) is -4.40. The van der Waals surface area contributed by atoms with Crippen molar-refractivity contribution >= 4 is 11.9 Å². The van der Waals surface area contributed by atoms with Gasteiger partial charge in [0.2, 0.25) is 5.91 Å². The van der Waals surface area contributed by atoms with E-state index < -0.39 is 18.6 Å². The Morgan fingerprint density at radius 2 is 1.80 bits per heavy atom. The van der Waals surface area contributed by atoms with Crippen LogP contribution in [-0.4, -0.2) is 55.2 Å². The normalized spacial score (nSPS) is 13.1. The second-order valence-electron chi connectivity index (χ2n) is 5.44. The number of rotatable bonds is 4. The molecule has 0 fully saturated rings. The highest BCUT2D eigenvalue weighted by atomic mass is 19.4. The number of hydrogen-bond acceptors (Lipinski definition) is 2. The number of carbonyl (C=O) groups excluding carboxylic acids is 1. The topological polar surface area (TPSA) is 56.7 Å². The molecule has 2 N–H and O–H groups in total. The van der Waals surface area contributed by atoms with Crippen LogP contribution in [0, 0.1) is 0 Å². The molecule has 0 unspecified atom stereocenters. The van der Waals surface area contributed by atoms with E-state index in [0.717, 1.165) is 7.05 Å². The summed E-state index contributed by atoms with van der Waals surface area (Å²) in [5.74, 6) is -0.290. The molecule has 0 atom stereocenters. The molecule has 0 heterocycles. The lowest BCUT2D eigenvalue weighted by Gasteiger charge is -2.24. The van der Waals surface area contributed by atoms with Gasteiger partial charge in [-0.15, -0.1) is 0 Å². The molecule has 8 heteroatoms. The third kappa shape index (κ3) is 9.46.